The van der Waals surface area contributed by atoms with Gasteiger partial charge in [-0.05, 0) is 47.4 Å². The van der Waals surface area contributed by atoms with Crippen LogP contribution in [0.1, 0.15) is 12.5 Å². The minimum absolute atomic E-state index is 0.309. The van der Waals surface area contributed by atoms with Gasteiger partial charge in [0.15, 0.2) is 0 Å². The molecule has 1 fully saturated rings. The normalized spacial score (nSPS) is 15.6. The number of hydrogen-bond donors (Lipinski definition) is 1. The molecule has 162 valence electrons. The van der Waals surface area contributed by atoms with Crippen LogP contribution >= 0.6 is 0 Å². The van der Waals surface area contributed by atoms with E-state index in [1.807, 2.05) is 30.3 Å². The topological polar surface area (TPSA) is 35.9 Å². The van der Waals surface area contributed by atoms with Gasteiger partial charge in [0.25, 0.3) is 0 Å². The van der Waals surface area contributed by atoms with Gasteiger partial charge >= 0.3 is 0 Å². The van der Waals surface area contributed by atoms with Gasteiger partial charge in [-0.1, -0.05) is 61.5 Å². The van der Waals surface area contributed by atoms with Crippen molar-refractivity contribution in [1.29, 1.82) is 0 Å². The average Bonchev–Trinajstić information content (AvgIpc) is 2.84. The van der Waals surface area contributed by atoms with E-state index >= 15 is 0 Å². The molecule has 1 aliphatic rings. The van der Waals surface area contributed by atoms with E-state index in [0.29, 0.717) is 13.2 Å². The zero-order valence-electron chi connectivity index (χ0n) is 18.3. The number of nitrogens with zero attached hydrogens (tertiary/aromatic N) is 2. The van der Waals surface area contributed by atoms with Crippen molar-refractivity contribution in [3.05, 3.63) is 84.4 Å². The monoisotopic (exact) mass is 416 g/mol. The Bertz CT molecular complexity index is 918. The molecule has 3 aromatic carbocycles. The first-order valence-corrected chi connectivity index (χ1v) is 11.2. The van der Waals surface area contributed by atoms with Crippen LogP contribution in [0.3, 0.4) is 0 Å². The van der Waals surface area contributed by atoms with Gasteiger partial charge in [-0.25, -0.2) is 0 Å². The third-order valence-corrected chi connectivity index (χ3v) is 5.95. The lowest BCUT2D eigenvalue weighted by Gasteiger charge is -2.37. The van der Waals surface area contributed by atoms with Gasteiger partial charge in [0.2, 0.25) is 0 Å². The molecule has 0 spiro atoms. The predicted molar refractivity (Wildman–Crippen MR) is 128 cm³/mol. The summed E-state index contributed by atoms with van der Waals surface area (Å²) < 4.78 is 5.83. The number of hydrogen-bond acceptors (Lipinski definition) is 4. The molecule has 0 unspecified atom stereocenters. The van der Waals surface area contributed by atoms with E-state index in [4.69, 9.17) is 4.74 Å². The molecule has 4 nitrogen and oxygen atoms in total. The Morgan fingerprint density at radius 3 is 2.10 bits per heavy atom. The van der Waals surface area contributed by atoms with Crippen molar-refractivity contribution in [2.45, 2.75) is 19.4 Å². The minimum atomic E-state index is -0.496. The van der Waals surface area contributed by atoms with E-state index < -0.39 is 6.10 Å². The molecule has 0 amide bonds. The average molecular weight is 417 g/mol. The third kappa shape index (κ3) is 5.87. The van der Waals surface area contributed by atoms with Crippen molar-refractivity contribution < 1.29 is 9.84 Å². The summed E-state index contributed by atoms with van der Waals surface area (Å²) in [4.78, 5) is 4.75. The Kier molecular flexibility index (Phi) is 7.23. The molecule has 0 radical (unpaired) electrons. The van der Waals surface area contributed by atoms with Gasteiger partial charge in [-0.3, -0.25) is 4.90 Å². The highest BCUT2D eigenvalue weighted by Crippen LogP contribution is 2.22. The summed E-state index contributed by atoms with van der Waals surface area (Å²) in [5.41, 5.74) is 5.02. The first-order valence-electron chi connectivity index (χ1n) is 11.2. The molecule has 1 aliphatic heterocycles. The van der Waals surface area contributed by atoms with Crippen LogP contribution in [0.25, 0.3) is 11.1 Å². The summed E-state index contributed by atoms with van der Waals surface area (Å²) in [6, 6.07) is 27.2. The fourth-order valence-corrected chi connectivity index (χ4v) is 4.05. The number of piperazine rings is 1. The summed E-state index contributed by atoms with van der Waals surface area (Å²) in [5.74, 6) is 0.791. The zero-order valence-corrected chi connectivity index (χ0v) is 18.3. The van der Waals surface area contributed by atoms with Gasteiger partial charge in [0.1, 0.15) is 18.5 Å². The molecule has 1 saturated heterocycles. The molecule has 4 heteroatoms. The van der Waals surface area contributed by atoms with Gasteiger partial charge in [-0.2, -0.15) is 0 Å². The maximum Gasteiger partial charge on any atom is 0.119 e. The van der Waals surface area contributed by atoms with Crippen molar-refractivity contribution in [3.8, 4) is 16.9 Å². The van der Waals surface area contributed by atoms with E-state index in [2.05, 4.69) is 65.3 Å². The molecule has 0 bridgehead atoms. The SMILES string of the molecule is CCc1ccc(N2CCN(C[C@@H](O)COc3ccc(-c4ccccc4)cc3)CC2)cc1. The van der Waals surface area contributed by atoms with Gasteiger partial charge in [0, 0.05) is 38.4 Å². The van der Waals surface area contributed by atoms with E-state index in [-0.39, 0.29) is 0 Å². The molecule has 0 aliphatic carbocycles. The van der Waals surface area contributed by atoms with Gasteiger partial charge in [-0.15, -0.1) is 0 Å². The van der Waals surface area contributed by atoms with E-state index in [9.17, 15) is 5.11 Å². The zero-order chi connectivity index (χ0) is 21.5. The van der Waals surface area contributed by atoms with E-state index in [0.717, 1.165) is 43.9 Å². The van der Waals surface area contributed by atoms with Crippen LogP contribution < -0.4 is 9.64 Å². The molecular weight excluding hydrogens is 384 g/mol. The van der Waals surface area contributed by atoms with Crippen LogP contribution in [-0.4, -0.2) is 55.4 Å². The number of aliphatic hydroxyl groups is 1. The lowest BCUT2D eigenvalue weighted by molar-refractivity contribution is 0.0663. The number of anilines is 1. The third-order valence-electron chi connectivity index (χ3n) is 5.95. The highest BCUT2D eigenvalue weighted by Gasteiger charge is 2.19. The molecule has 3 aromatic rings. The highest BCUT2D eigenvalue weighted by atomic mass is 16.5. The van der Waals surface area contributed by atoms with E-state index in [1.54, 1.807) is 0 Å². The highest BCUT2D eigenvalue weighted by molar-refractivity contribution is 5.63. The number of benzene rings is 3. The second-order valence-corrected chi connectivity index (χ2v) is 8.16. The van der Waals surface area contributed by atoms with Crippen molar-refractivity contribution in [1.82, 2.24) is 4.90 Å². The Morgan fingerprint density at radius 1 is 0.806 bits per heavy atom. The molecule has 31 heavy (non-hydrogen) atoms. The van der Waals surface area contributed by atoms with Crippen LogP contribution in [0.4, 0.5) is 5.69 Å². The van der Waals surface area contributed by atoms with Crippen molar-refractivity contribution in [3.63, 3.8) is 0 Å². The van der Waals surface area contributed by atoms with Crippen LogP contribution in [0.15, 0.2) is 78.9 Å². The Hall–Kier alpha value is -2.82. The molecular formula is C27H32N2O2. The summed E-state index contributed by atoms with van der Waals surface area (Å²) >= 11 is 0. The largest absolute Gasteiger partial charge is 0.491 e. The summed E-state index contributed by atoms with van der Waals surface area (Å²) in [6.07, 6.45) is 0.578. The molecule has 4 rings (SSSR count). The smallest absolute Gasteiger partial charge is 0.119 e. The van der Waals surface area contributed by atoms with Crippen LogP contribution in [0, 0.1) is 0 Å². The fraction of sp³-hybridized carbons (Fsp3) is 0.333. The molecule has 0 saturated carbocycles. The number of rotatable bonds is 8. The summed E-state index contributed by atoms with van der Waals surface area (Å²) in [6.45, 7) is 7.02. The second kappa shape index (κ2) is 10.5. The molecule has 1 heterocycles. The number of aliphatic hydroxyl groups excluding tert-OH is 1. The van der Waals surface area contributed by atoms with Crippen LogP contribution in [-0.2, 0) is 6.42 Å². The summed E-state index contributed by atoms with van der Waals surface area (Å²) in [7, 11) is 0. The number of β-amino-alcohol motifs (C(OH)–C–C–N with tert-alkyl or cyclic N) is 1. The number of aryl methyl sites for hydroxylation is 1. The Labute approximate surface area is 185 Å². The molecule has 0 aromatic heterocycles. The lowest BCUT2D eigenvalue weighted by Crippen LogP contribution is -2.49. The van der Waals surface area contributed by atoms with Crippen LogP contribution in [0.2, 0.25) is 0 Å². The fourth-order valence-electron chi connectivity index (χ4n) is 4.05. The quantitative estimate of drug-likeness (QED) is 0.587. The molecule has 1 N–H and O–H groups in total. The molecule has 1 atom stereocenters. The first kappa shape index (κ1) is 21.4. The maximum atomic E-state index is 10.5. The predicted octanol–water partition coefficient (Wildman–Crippen LogP) is 4.48. The van der Waals surface area contributed by atoms with Crippen molar-refractivity contribution >= 4 is 5.69 Å². The lowest BCUT2D eigenvalue weighted by atomic mass is 10.1. The Balaban J connectivity index is 1.20. The minimum Gasteiger partial charge on any atom is -0.491 e. The first-order chi connectivity index (χ1) is 15.2. The van der Waals surface area contributed by atoms with Crippen molar-refractivity contribution in [2.75, 3.05) is 44.2 Å². The summed E-state index contributed by atoms with van der Waals surface area (Å²) in [5, 5.41) is 10.5. The second-order valence-electron chi connectivity index (χ2n) is 8.16. The van der Waals surface area contributed by atoms with E-state index in [1.165, 1.54) is 16.8 Å². The van der Waals surface area contributed by atoms with Gasteiger partial charge in [0.05, 0.1) is 0 Å². The van der Waals surface area contributed by atoms with Crippen LogP contribution in [0.5, 0.6) is 5.75 Å². The number of ether oxygens (including phenoxy) is 1. The maximum absolute atomic E-state index is 10.5. The van der Waals surface area contributed by atoms with Crippen molar-refractivity contribution in [2.24, 2.45) is 0 Å². The Morgan fingerprint density at radius 2 is 1.45 bits per heavy atom. The standard InChI is InChI=1S/C27H32N2O2/c1-2-22-8-12-25(13-9-22)29-18-16-28(17-19-29)20-26(30)21-31-27-14-10-24(11-15-27)23-6-4-3-5-7-23/h3-15,26,30H,2,16-21H2,1H3/t26-/m1/s1. The van der Waals surface area contributed by atoms with Gasteiger partial charge < -0.3 is 14.7 Å².